The maximum Gasteiger partial charge on any atom is 0.405 e. The SMILES string of the molecule is COc1ccc(OCCCN2CCCC2C(=O)NCC(F)(F)F)cc1. The zero-order chi connectivity index (χ0) is 18.3. The minimum absolute atomic E-state index is 0.472. The number of alkyl halides is 3. The van der Waals surface area contributed by atoms with Gasteiger partial charge in [0, 0.05) is 6.54 Å². The van der Waals surface area contributed by atoms with E-state index in [1.807, 2.05) is 22.3 Å². The van der Waals surface area contributed by atoms with E-state index in [4.69, 9.17) is 9.47 Å². The van der Waals surface area contributed by atoms with Crippen LogP contribution in [0.15, 0.2) is 24.3 Å². The van der Waals surface area contributed by atoms with Crippen molar-refractivity contribution in [1.29, 1.82) is 0 Å². The van der Waals surface area contributed by atoms with Crippen molar-refractivity contribution in [3.63, 3.8) is 0 Å². The number of nitrogens with zero attached hydrogens (tertiary/aromatic N) is 1. The molecule has 0 saturated carbocycles. The molecule has 0 aliphatic carbocycles. The minimum atomic E-state index is -4.38. The number of ether oxygens (including phenoxy) is 2. The molecule has 1 amide bonds. The summed E-state index contributed by atoms with van der Waals surface area (Å²) in [5, 5.41) is 1.97. The van der Waals surface area contributed by atoms with E-state index in [0.717, 1.165) is 17.9 Å². The van der Waals surface area contributed by atoms with E-state index in [1.165, 1.54) is 0 Å². The Morgan fingerprint density at radius 1 is 1.28 bits per heavy atom. The molecule has 1 aliphatic rings. The molecule has 25 heavy (non-hydrogen) atoms. The van der Waals surface area contributed by atoms with Crippen LogP contribution in [0.3, 0.4) is 0 Å². The molecule has 0 aromatic heterocycles. The molecule has 140 valence electrons. The maximum atomic E-state index is 12.2. The zero-order valence-corrected chi connectivity index (χ0v) is 14.1. The van der Waals surface area contributed by atoms with E-state index >= 15 is 0 Å². The lowest BCUT2D eigenvalue weighted by Crippen LogP contribution is -2.46. The second-order valence-electron chi connectivity index (χ2n) is 5.90. The van der Waals surface area contributed by atoms with Crippen molar-refractivity contribution in [1.82, 2.24) is 10.2 Å². The van der Waals surface area contributed by atoms with Crippen molar-refractivity contribution in [2.45, 2.75) is 31.5 Å². The number of carbonyl (C=O) groups excluding carboxylic acids is 1. The highest BCUT2D eigenvalue weighted by molar-refractivity contribution is 5.82. The summed E-state index contributed by atoms with van der Waals surface area (Å²) in [4.78, 5) is 13.8. The van der Waals surface area contributed by atoms with Gasteiger partial charge in [-0.05, 0) is 50.1 Å². The van der Waals surface area contributed by atoms with Gasteiger partial charge in [0.05, 0.1) is 19.8 Å². The third-order valence-electron chi connectivity index (χ3n) is 4.05. The number of carbonyl (C=O) groups is 1. The van der Waals surface area contributed by atoms with Gasteiger partial charge >= 0.3 is 6.18 Å². The first-order valence-electron chi connectivity index (χ1n) is 8.24. The van der Waals surface area contributed by atoms with Gasteiger partial charge in [-0.2, -0.15) is 13.2 Å². The molecule has 1 aromatic carbocycles. The molecule has 1 atom stereocenters. The highest BCUT2D eigenvalue weighted by atomic mass is 19.4. The Kier molecular flexibility index (Phi) is 6.92. The standard InChI is InChI=1S/C17H23F3N2O3/c1-24-13-5-7-14(8-6-13)25-11-3-10-22-9-2-4-15(22)16(23)21-12-17(18,19)20/h5-8,15H,2-4,9-12H2,1H3,(H,21,23). The fraction of sp³-hybridized carbons (Fsp3) is 0.588. The normalized spacial score (nSPS) is 18.2. The Morgan fingerprint density at radius 3 is 2.60 bits per heavy atom. The number of hydrogen-bond donors (Lipinski definition) is 1. The molecule has 1 heterocycles. The molecular weight excluding hydrogens is 337 g/mol. The predicted octanol–water partition coefficient (Wildman–Crippen LogP) is 2.61. The molecule has 0 spiro atoms. The summed E-state index contributed by atoms with van der Waals surface area (Å²) >= 11 is 0. The van der Waals surface area contributed by atoms with E-state index < -0.39 is 24.7 Å². The fourth-order valence-electron chi connectivity index (χ4n) is 2.83. The number of nitrogens with one attached hydrogen (secondary N) is 1. The highest BCUT2D eigenvalue weighted by Gasteiger charge is 2.33. The molecule has 2 rings (SSSR count). The topological polar surface area (TPSA) is 50.8 Å². The molecule has 1 fully saturated rings. The second-order valence-corrected chi connectivity index (χ2v) is 5.90. The van der Waals surface area contributed by atoms with Crippen LogP contribution in [0.2, 0.25) is 0 Å². The Labute approximate surface area is 145 Å². The van der Waals surface area contributed by atoms with Gasteiger partial charge in [-0.1, -0.05) is 0 Å². The number of likely N-dealkylation sites (tertiary alicyclic amines) is 1. The summed E-state index contributed by atoms with van der Waals surface area (Å²) in [5.74, 6) is 0.921. The Balaban J connectivity index is 1.70. The van der Waals surface area contributed by atoms with Crippen LogP contribution in [0.4, 0.5) is 13.2 Å². The fourth-order valence-corrected chi connectivity index (χ4v) is 2.83. The van der Waals surface area contributed by atoms with E-state index in [0.29, 0.717) is 32.5 Å². The summed E-state index contributed by atoms with van der Waals surface area (Å²) in [6, 6.07) is 6.74. The van der Waals surface area contributed by atoms with Crippen molar-refractivity contribution in [3.8, 4) is 11.5 Å². The van der Waals surface area contributed by atoms with Crippen LogP contribution < -0.4 is 14.8 Å². The highest BCUT2D eigenvalue weighted by Crippen LogP contribution is 2.20. The summed E-state index contributed by atoms with van der Waals surface area (Å²) < 4.78 is 47.3. The van der Waals surface area contributed by atoms with E-state index in [1.54, 1.807) is 19.2 Å². The largest absolute Gasteiger partial charge is 0.497 e. The van der Waals surface area contributed by atoms with Crippen LogP contribution >= 0.6 is 0 Å². The van der Waals surface area contributed by atoms with Crippen molar-refractivity contribution in [2.75, 3.05) is 33.4 Å². The average molecular weight is 360 g/mol. The third kappa shape index (κ3) is 6.45. The van der Waals surface area contributed by atoms with Crippen LogP contribution in [-0.2, 0) is 4.79 Å². The van der Waals surface area contributed by atoms with Gasteiger partial charge in [-0.15, -0.1) is 0 Å². The van der Waals surface area contributed by atoms with Crippen LogP contribution in [0, 0.1) is 0 Å². The van der Waals surface area contributed by atoms with E-state index in [2.05, 4.69) is 0 Å². The Hall–Kier alpha value is -1.96. The number of halogens is 3. The van der Waals surface area contributed by atoms with Crippen LogP contribution in [0.5, 0.6) is 11.5 Å². The molecule has 1 unspecified atom stereocenters. The first-order chi connectivity index (χ1) is 11.9. The number of amides is 1. The van der Waals surface area contributed by atoms with Gasteiger partial charge in [0.2, 0.25) is 5.91 Å². The second kappa shape index (κ2) is 8.94. The van der Waals surface area contributed by atoms with Gasteiger partial charge in [0.15, 0.2) is 0 Å². The van der Waals surface area contributed by atoms with E-state index in [9.17, 15) is 18.0 Å². The maximum absolute atomic E-state index is 12.2. The monoisotopic (exact) mass is 360 g/mol. The Bertz CT molecular complexity index is 549. The number of methoxy groups -OCH3 is 1. The molecule has 5 nitrogen and oxygen atoms in total. The van der Waals surface area contributed by atoms with Gasteiger partial charge in [0.25, 0.3) is 0 Å². The summed E-state index contributed by atoms with van der Waals surface area (Å²) in [6.07, 6.45) is -2.30. The molecular formula is C17H23F3N2O3. The predicted molar refractivity (Wildman–Crippen MR) is 86.8 cm³/mol. The summed E-state index contributed by atoms with van der Waals surface area (Å²) in [5.41, 5.74) is 0. The quantitative estimate of drug-likeness (QED) is 0.724. The lowest BCUT2D eigenvalue weighted by molar-refractivity contribution is -0.141. The van der Waals surface area contributed by atoms with E-state index in [-0.39, 0.29) is 0 Å². The summed E-state index contributed by atoms with van der Waals surface area (Å²) in [7, 11) is 1.59. The van der Waals surface area contributed by atoms with Gasteiger partial charge < -0.3 is 14.8 Å². The first kappa shape index (κ1) is 19.4. The first-order valence-corrected chi connectivity index (χ1v) is 8.24. The lowest BCUT2D eigenvalue weighted by atomic mass is 10.2. The minimum Gasteiger partial charge on any atom is -0.497 e. The van der Waals surface area contributed by atoms with Crippen LogP contribution in [-0.4, -0.2) is 56.4 Å². The molecule has 0 radical (unpaired) electrons. The van der Waals surface area contributed by atoms with Crippen molar-refractivity contribution in [3.05, 3.63) is 24.3 Å². The van der Waals surface area contributed by atoms with Gasteiger partial charge in [-0.3, -0.25) is 9.69 Å². The average Bonchev–Trinajstić information content (AvgIpc) is 3.05. The Morgan fingerprint density at radius 2 is 1.96 bits per heavy atom. The van der Waals surface area contributed by atoms with Crippen molar-refractivity contribution >= 4 is 5.91 Å². The smallest absolute Gasteiger partial charge is 0.405 e. The van der Waals surface area contributed by atoms with Gasteiger partial charge in [0.1, 0.15) is 18.0 Å². The molecule has 8 heteroatoms. The number of hydrogen-bond acceptors (Lipinski definition) is 4. The van der Waals surface area contributed by atoms with Crippen molar-refractivity contribution in [2.24, 2.45) is 0 Å². The number of benzene rings is 1. The van der Waals surface area contributed by atoms with Crippen LogP contribution in [0.1, 0.15) is 19.3 Å². The van der Waals surface area contributed by atoms with Crippen molar-refractivity contribution < 1.29 is 27.4 Å². The van der Waals surface area contributed by atoms with Gasteiger partial charge in [-0.25, -0.2) is 0 Å². The molecule has 1 N–H and O–H groups in total. The molecule has 1 saturated heterocycles. The molecule has 1 aromatic rings. The summed E-state index contributed by atoms with van der Waals surface area (Å²) in [6.45, 7) is 0.517. The van der Waals surface area contributed by atoms with Crippen LogP contribution in [0.25, 0.3) is 0 Å². The molecule has 1 aliphatic heterocycles. The number of rotatable bonds is 8. The third-order valence-corrected chi connectivity index (χ3v) is 4.05. The molecule has 0 bridgehead atoms. The zero-order valence-electron chi connectivity index (χ0n) is 14.1. The lowest BCUT2D eigenvalue weighted by Gasteiger charge is -2.23.